The smallest absolute Gasteiger partial charge is 0.254 e. The lowest BCUT2D eigenvalue weighted by atomic mass is 10.3. The molecule has 0 spiro atoms. The summed E-state index contributed by atoms with van der Waals surface area (Å²) in [5, 5.41) is 7.66. The van der Waals surface area contributed by atoms with Crippen LogP contribution in [0.25, 0.3) is 16.8 Å². The van der Waals surface area contributed by atoms with Crippen LogP contribution in [0.5, 0.6) is 0 Å². The minimum Gasteiger partial charge on any atom is -0.378 e. The molecule has 0 aliphatic carbocycles. The number of hydrogen-bond donors (Lipinski definition) is 1. The first-order chi connectivity index (χ1) is 12.8. The van der Waals surface area contributed by atoms with Gasteiger partial charge in [0.05, 0.1) is 23.3 Å². The Balaban J connectivity index is 1.55. The molecule has 0 saturated heterocycles. The summed E-state index contributed by atoms with van der Waals surface area (Å²) in [6.07, 6.45) is 2.31. The van der Waals surface area contributed by atoms with Crippen molar-refractivity contribution in [3.05, 3.63) is 48.2 Å². The van der Waals surface area contributed by atoms with E-state index in [1.165, 1.54) is 11.8 Å². The van der Waals surface area contributed by atoms with Crippen molar-refractivity contribution in [2.24, 2.45) is 0 Å². The van der Waals surface area contributed by atoms with Crippen molar-refractivity contribution in [2.75, 3.05) is 19.0 Å². The van der Waals surface area contributed by atoms with E-state index in [2.05, 4.69) is 44.0 Å². The van der Waals surface area contributed by atoms with Gasteiger partial charge in [-0.2, -0.15) is 14.6 Å². The number of aromatic nitrogens is 6. The number of ether oxygens (including phenoxy) is 1. The summed E-state index contributed by atoms with van der Waals surface area (Å²) in [7, 11) is 1.65. The summed E-state index contributed by atoms with van der Waals surface area (Å²) < 4.78 is 9.14. The highest BCUT2D eigenvalue weighted by Gasteiger charge is 2.10. The fraction of sp³-hybridized carbons (Fsp3) is 0.333. The molecule has 1 aromatic carbocycles. The normalized spacial score (nSPS) is 11.5. The number of para-hydroxylation sites is 2. The van der Waals surface area contributed by atoms with Gasteiger partial charge in [0.15, 0.2) is 0 Å². The van der Waals surface area contributed by atoms with Crippen molar-refractivity contribution in [3.63, 3.8) is 0 Å². The van der Waals surface area contributed by atoms with Gasteiger partial charge in [0.1, 0.15) is 18.0 Å². The number of fused-ring (bicyclic) bond motifs is 2. The topological polar surface area (TPSA) is 82.2 Å². The van der Waals surface area contributed by atoms with E-state index in [-0.39, 0.29) is 0 Å². The molecule has 134 valence electrons. The molecule has 4 rings (SSSR count). The average Bonchev–Trinajstić information content (AvgIpc) is 3.25. The largest absolute Gasteiger partial charge is 0.378 e. The van der Waals surface area contributed by atoms with Crippen LogP contribution in [0.15, 0.2) is 36.7 Å². The van der Waals surface area contributed by atoms with Crippen LogP contribution in [-0.2, 0) is 24.3 Å². The van der Waals surface area contributed by atoms with E-state index in [1.807, 2.05) is 18.2 Å². The number of imidazole rings is 1. The summed E-state index contributed by atoms with van der Waals surface area (Å²) in [6, 6.07) is 10.2. The second-order valence-corrected chi connectivity index (χ2v) is 5.98. The Kier molecular flexibility index (Phi) is 4.49. The standard InChI is InChI=1S/C18H21N7O/c1-3-24-15-7-5-4-6-14(15)23-16(24)8-9-19-17-10-13(11-26-2)22-18-20-12-21-25(17)18/h4-7,10,12,19H,3,8-9,11H2,1-2H3. The highest BCUT2D eigenvalue weighted by atomic mass is 16.5. The van der Waals surface area contributed by atoms with Crippen LogP contribution in [0.1, 0.15) is 18.4 Å². The van der Waals surface area contributed by atoms with Crippen LogP contribution in [0.4, 0.5) is 5.82 Å². The molecule has 4 aromatic rings. The zero-order valence-electron chi connectivity index (χ0n) is 14.9. The van der Waals surface area contributed by atoms with Crippen molar-refractivity contribution >= 4 is 22.6 Å². The van der Waals surface area contributed by atoms with Gasteiger partial charge in [-0.25, -0.2) is 9.97 Å². The van der Waals surface area contributed by atoms with Crippen LogP contribution < -0.4 is 5.32 Å². The van der Waals surface area contributed by atoms with Gasteiger partial charge in [-0.05, 0) is 19.1 Å². The predicted molar refractivity (Wildman–Crippen MR) is 99.1 cm³/mol. The van der Waals surface area contributed by atoms with Gasteiger partial charge in [-0.15, -0.1) is 0 Å². The van der Waals surface area contributed by atoms with Crippen molar-refractivity contribution in [1.82, 2.24) is 29.1 Å². The minimum absolute atomic E-state index is 0.434. The molecule has 8 heteroatoms. The monoisotopic (exact) mass is 351 g/mol. The van der Waals surface area contributed by atoms with Gasteiger partial charge in [0, 0.05) is 32.7 Å². The fourth-order valence-electron chi connectivity index (χ4n) is 3.18. The molecule has 0 atom stereocenters. The quantitative estimate of drug-likeness (QED) is 0.550. The van der Waals surface area contributed by atoms with Gasteiger partial charge in [0.2, 0.25) is 0 Å². The third kappa shape index (κ3) is 2.99. The second-order valence-electron chi connectivity index (χ2n) is 5.98. The number of aryl methyl sites for hydroxylation is 1. The maximum Gasteiger partial charge on any atom is 0.254 e. The number of methoxy groups -OCH3 is 1. The predicted octanol–water partition coefficient (Wildman–Crippen LogP) is 2.29. The molecule has 0 radical (unpaired) electrons. The van der Waals surface area contributed by atoms with Gasteiger partial charge in [-0.1, -0.05) is 12.1 Å². The lowest BCUT2D eigenvalue weighted by Gasteiger charge is -2.10. The Morgan fingerprint density at radius 1 is 1.19 bits per heavy atom. The Morgan fingerprint density at radius 2 is 2.08 bits per heavy atom. The lowest BCUT2D eigenvalue weighted by Crippen LogP contribution is -2.13. The third-order valence-electron chi connectivity index (χ3n) is 4.30. The van der Waals surface area contributed by atoms with E-state index in [0.29, 0.717) is 12.4 Å². The van der Waals surface area contributed by atoms with Crippen molar-refractivity contribution in [3.8, 4) is 0 Å². The van der Waals surface area contributed by atoms with Crippen LogP contribution in [0.3, 0.4) is 0 Å². The fourth-order valence-corrected chi connectivity index (χ4v) is 3.18. The summed E-state index contributed by atoms with van der Waals surface area (Å²) in [5.41, 5.74) is 3.03. The molecule has 26 heavy (non-hydrogen) atoms. The Hall–Kier alpha value is -3.00. The van der Waals surface area contributed by atoms with Gasteiger partial charge < -0.3 is 14.6 Å². The number of anilines is 1. The molecule has 0 aliphatic heterocycles. The van der Waals surface area contributed by atoms with Crippen LogP contribution in [0.2, 0.25) is 0 Å². The van der Waals surface area contributed by atoms with Gasteiger partial charge >= 0.3 is 0 Å². The number of nitrogens with one attached hydrogen (secondary N) is 1. The number of nitrogens with zero attached hydrogens (tertiary/aromatic N) is 6. The second kappa shape index (κ2) is 7.09. The van der Waals surface area contributed by atoms with Gasteiger partial charge in [-0.3, -0.25) is 0 Å². The minimum atomic E-state index is 0.434. The zero-order chi connectivity index (χ0) is 17.9. The van der Waals surface area contributed by atoms with Crippen LogP contribution >= 0.6 is 0 Å². The molecule has 0 amide bonds. The first-order valence-electron chi connectivity index (χ1n) is 8.66. The van der Waals surface area contributed by atoms with Crippen molar-refractivity contribution in [1.29, 1.82) is 0 Å². The molecule has 0 fully saturated rings. The first kappa shape index (κ1) is 16.5. The number of benzene rings is 1. The molecule has 8 nitrogen and oxygen atoms in total. The van der Waals surface area contributed by atoms with Gasteiger partial charge in [0.25, 0.3) is 5.78 Å². The summed E-state index contributed by atoms with van der Waals surface area (Å²) in [5.74, 6) is 2.48. The molecular weight excluding hydrogens is 330 g/mol. The number of hydrogen-bond acceptors (Lipinski definition) is 6. The van der Waals surface area contributed by atoms with Crippen molar-refractivity contribution in [2.45, 2.75) is 26.5 Å². The zero-order valence-corrected chi connectivity index (χ0v) is 14.9. The molecule has 0 bridgehead atoms. The summed E-state index contributed by atoms with van der Waals surface area (Å²) in [6.45, 7) is 4.21. The van der Waals surface area contributed by atoms with E-state index in [9.17, 15) is 0 Å². The summed E-state index contributed by atoms with van der Waals surface area (Å²) in [4.78, 5) is 13.4. The lowest BCUT2D eigenvalue weighted by molar-refractivity contribution is 0.181. The molecule has 0 saturated carbocycles. The van der Waals surface area contributed by atoms with Crippen LogP contribution in [0, 0.1) is 0 Å². The van der Waals surface area contributed by atoms with E-state index in [4.69, 9.17) is 9.72 Å². The molecule has 0 unspecified atom stereocenters. The highest BCUT2D eigenvalue weighted by molar-refractivity contribution is 5.75. The Morgan fingerprint density at radius 3 is 2.92 bits per heavy atom. The number of rotatable bonds is 7. The van der Waals surface area contributed by atoms with E-state index in [1.54, 1.807) is 11.6 Å². The Labute approximate surface area is 150 Å². The molecule has 3 heterocycles. The maximum absolute atomic E-state index is 5.19. The maximum atomic E-state index is 5.19. The van der Waals surface area contributed by atoms with E-state index >= 15 is 0 Å². The average molecular weight is 351 g/mol. The first-order valence-corrected chi connectivity index (χ1v) is 8.66. The molecule has 0 aliphatic rings. The van der Waals surface area contributed by atoms with Crippen LogP contribution in [-0.4, -0.2) is 42.8 Å². The third-order valence-corrected chi connectivity index (χ3v) is 4.30. The Bertz CT molecular complexity index is 1040. The molecule has 3 aromatic heterocycles. The molecular formula is C18H21N7O. The highest BCUT2D eigenvalue weighted by Crippen LogP contribution is 2.17. The van der Waals surface area contributed by atoms with E-state index < -0.39 is 0 Å². The SMILES string of the molecule is CCn1c(CCNc2cc(COC)nc3ncnn23)nc2ccccc21. The molecule has 1 N–H and O–H groups in total. The van der Waals surface area contributed by atoms with E-state index in [0.717, 1.165) is 42.4 Å². The van der Waals surface area contributed by atoms with Crippen molar-refractivity contribution < 1.29 is 4.74 Å². The summed E-state index contributed by atoms with van der Waals surface area (Å²) >= 11 is 0.